The predicted molar refractivity (Wildman–Crippen MR) is 53.3 cm³/mol. The first kappa shape index (κ1) is 9.45. The minimum atomic E-state index is 0.557. The van der Waals surface area contributed by atoms with Gasteiger partial charge in [0.2, 0.25) is 0 Å². The van der Waals surface area contributed by atoms with Crippen LogP contribution in [0.4, 0.5) is 5.82 Å². The smallest absolute Gasteiger partial charge is 0.135 e. The molecule has 0 aliphatic heterocycles. The van der Waals surface area contributed by atoms with Gasteiger partial charge >= 0.3 is 0 Å². The van der Waals surface area contributed by atoms with Gasteiger partial charge in [0.05, 0.1) is 11.1 Å². The Labute approximate surface area is 77.3 Å². The van der Waals surface area contributed by atoms with Crippen molar-refractivity contribution in [1.29, 1.82) is 0 Å². The topological polar surface area (TPSA) is 43.8 Å². The van der Waals surface area contributed by atoms with Crippen LogP contribution in [0.15, 0.2) is 11.1 Å². The lowest BCUT2D eigenvalue weighted by atomic mass is 10.6. The Hall–Kier alpha value is -0.640. The summed E-state index contributed by atoms with van der Waals surface area (Å²) in [5.74, 6) is 0.788. The lowest BCUT2D eigenvalue weighted by molar-refractivity contribution is 0.669. The second kappa shape index (κ2) is 3.85. The lowest BCUT2D eigenvalue weighted by Crippen LogP contribution is -2.02. The van der Waals surface area contributed by atoms with Crippen molar-refractivity contribution >= 4 is 17.6 Å². The summed E-state index contributed by atoms with van der Waals surface area (Å²) >= 11 is 1.75. The van der Waals surface area contributed by atoms with Crippen LogP contribution in [0.3, 0.4) is 0 Å². The Morgan fingerprint density at radius 2 is 2.33 bits per heavy atom. The number of hydrogen-bond donors (Lipinski definition) is 1. The Balaban J connectivity index is 2.80. The molecule has 0 fully saturated rings. The summed E-state index contributed by atoms with van der Waals surface area (Å²) in [6, 6.07) is 0. The van der Waals surface area contributed by atoms with Crippen LogP contribution in [-0.4, -0.2) is 15.0 Å². The molecule has 0 saturated heterocycles. The van der Waals surface area contributed by atoms with Crippen LogP contribution in [0.25, 0.3) is 0 Å². The van der Waals surface area contributed by atoms with Crippen LogP contribution in [0, 0.1) is 0 Å². The monoisotopic (exact) mass is 185 g/mol. The second-order valence-corrected chi connectivity index (χ2v) is 4.49. The molecule has 1 heterocycles. The Kier molecular flexibility index (Phi) is 3.03. The maximum absolute atomic E-state index is 5.84. The van der Waals surface area contributed by atoms with E-state index in [1.54, 1.807) is 11.8 Å². The molecule has 0 bridgehead atoms. The molecule has 0 spiro atoms. The molecule has 0 aliphatic carbocycles. The van der Waals surface area contributed by atoms with E-state index in [0.29, 0.717) is 5.25 Å². The number of nitrogens with two attached hydrogens (primary N) is 1. The third-order valence-corrected chi connectivity index (χ3v) is 2.55. The molecule has 0 radical (unpaired) electrons. The molecule has 1 aromatic heterocycles. The highest BCUT2D eigenvalue weighted by Crippen LogP contribution is 2.27. The van der Waals surface area contributed by atoms with Gasteiger partial charge in [0.15, 0.2) is 0 Å². The lowest BCUT2D eigenvalue weighted by Gasteiger charge is -2.03. The maximum Gasteiger partial charge on any atom is 0.135 e. The van der Waals surface area contributed by atoms with Gasteiger partial charge in [-0.25, -0.2) is 4.68 Å². The molecule has 1 rings (SSSR count). The third-order valence-electron chi connectivity index (χ3n) is 1.51. The third kappa shape index (κ3) is 1.94. The van der Waals surface area contributed by atoms with Gasteiger partial charge in [-0.2, -0.15) is 5.10 Å². The SMILES string of the molecule is CCn1ncc(SC(C)C)c1N. The quantitative estimate of drug-likeness (QED) is 0.732. The van der Waals surface area contributed by atoms with Gasteiger partial charge in [0.25, 0.3) is 0 Å². The maximum atomic E-state index is 5.84. The molecule has 4 heteroatoms. The van der Waals surface area contributed by atoms with Gasteiger partial charge < -0.3 is 5.73 Å². The van der Waals surface area contributed by atoms with Crippen LogP contribution in [0.1, 0.15) is 20.8 Å². The van der Waals surface area contributed by atoms with Crippen molar-refractivity contribution < 1.29 is 0 Å². The molecule has 0 aromatic carbocycles. The van der Waals surface area contributed by atoms with Gasteiger partial charge in [0, 0.05) is 11.8 Å². The summed E-state index contributed by atoms with van der Waals surface area (Å²) in [6.07, 6.45) is 1.84. The molecular weight excluding hydrogens is 170 g/mol. The first-order valence-corrected chi connectivity index (χ1v) is 5.01. The first-order chi connectivity index (χ1) is 5.65. The number of nitrogen functional groups attached to an aromatic ring is 1. The standard InChI is InChI=1S/C8H15N3S/c1-4-11-8(9)7(5-10-11)12-6(2)3/h5-6H,4,9H2,1-3H3. The van der Waals surface area contributed by atoms with Crippen molar-refractivity contribution in [2.24, 2.45) is 0 Å². The minimum Gasteiger partial charge on any atom is -0.383 e. The van der Waals surface area contributed by atoms with E-state index in [1.807, 2.05) is 17.8 Å². The van der Waals surface area contributed by atoms with Crippen molar-refractivity contribution in [3.05, 3.63) is 6.20 Å². The fourth-order valence-corrected chi connectivity index (χ4v) is 1.82. The number of hydrogen-bond acceptors (Lipinski definition) is 3. The normalized spacial score (nSPS) is 11.0. The van der Waals surface area contributed by atoms with Crippen molar-refractivity contribution in [2.75, 3.05) is 5.73 Å². The molecule has 1 aromatic rings. The first-order valence-electron chi connectivity index (χ1n) is 4.13. The molecule has 12 heavy (non-hydrogen) atoms. The summed E-state index contributed by atoms with van der Waals surface area (Å²) < 4.78 is 1.81. The summed E-state index contributed by atoms with van der Waals surface area (Å²) in [5, 5.41) is 4.72. The van der Waals surface area contributed by atoms with Gasteiger partial charge in [0.1, 0.15) is 5.82 Å². The van der Waals surface area contributed by atoms with E-state index >= 15 is 0 Å². The van der Waals surface area contributed by atoms with Gasteiger partial charge in [-0.3, -0.25) is 0 Å². The van der Waals surface area contributed by atoms with Gasteiger partial charge in [-0.15, -0.1) is 11.8 Å². The second-order valence-electron chi connectivity index (χ2n) is 2.88. The van der Waals surface area contributed by atoms with E-state index in [-0.39, 0.29) is 0 Å². The molecule has 0 unspecified atom stereocenters. The fourth-order valence-electron chi connectivity index (χ4n) is 0.974. The molecule has 0 saturated carbocycles. The van der Waals surface area contributed by atoms with Crippen molar-refractivity contribution in [3.8, 4) is 0 Å². The van der Waals surface area contributed by atoms with E-state index in [1.165, 1.54) is 0 Å². The number of rotatable bonds is 3. The van der Waals surface area contributed by atoms with E-state index in [0.717, 1.165) is 17.3 Å². The predicted octanol–water partition coefficient (Wildman–Crippen LogP) is 1.99. The average molecular weight is 185 g/mol. The Bertz CT molecular complexity index is 255. The number of aromatic nitrogens is 2. The zero-order valence-corrected chi connectivity index (χ0v) is 8.56. The molecular formula is C8H15N3S. The minimum absolute atomic E-state index is 0.557. The molecule has 68 valence electrons. The average Bonchev–Trinajstić information content (AvgIpc) is 2.32. The highest BCUT2D eigenvalue weighted by molar-refractivity contribution is 8.00. The number of thioether (sulfide) groups is 1. The Morgan fingerprint density at radius 1 is 1.67 bits per heavy atom. The molecule has 0 amide bonds. The summed E-state index contributed by atoms with van der Waals surface area (Å²) in [7, 11) is 0. The molecule has 0 aliphatic rings. The summed E-state index contributed by atoms with van der Waals surface area (Å²) in [5.41, 5.74) is 5.84. The van der Waals surface area contributed by atoms with Crippen LogP contribution >= 0.6 is 11.8 Å². The van der Waals surface area contributed by atoms with Crippen molar-refractivity contribution in [1.82, 2.24) is 9.78 Å². The number of aryl methyl sites for hydroxylation is 1. The van der Waals surface area contributed by atoms with Crippen LogP contribution in [-0.2, 0) is 6.54 Å². The zero-order valence-electron chi connectivity index (χ0n) is 7.74. The summed E-state index contributed by atoms with van der Waals surface area (Å²) in [4.78, 5) is 1.09. The van der Waals surface area contributed by atoms with E-state index < -0.39 is 0 Å². The summed E-state index contributed by atoms with van der Waals surface area (Å²) in [6.45, 7) is 7.17. The molecule has 0 atom stereocenters. The molecule has 3 nitrogen and oxygen atoms in total. The van der Waals surface area contributed by atoms with Crippen molar-refractivity contribution in [2.45, 2.75) is 37.5 Å². The van der Waals surface area contributed by atoms with Gasteiger partial charge in [-0.05, 0) is 6.92 Å². The zero-order chi connectivity index (χ0) is 9.14. The molecule has 2 N–H and O–H groups in total. The van der Waals surface area contributed by atoms with Crippen LogP contribution < -0.4 is 5.73 Å². The van der Waals surface area contributed by atoms with Gasteiger partial charge in [-0.1, -0.05) is 13.8 Å². The van der Waals surface area contributed by atoms with Crippen LogP contribution in [0.2, 0.25) is 0 Å². The highest BCUT2D eigenvalue weighted by Gasteiger charge is 2.07. The number of anilines is 1. The van der Waals surface area contributed by atoms with Crippen molar-refractivity contribution in [3.63, 3.8) is 0 Å². The highest BCUT2D eigenvalue weighted by atomic mass is 32.2. The fraction of sp³-hybridized carbons (Fsp3) is 0.625. The van der Waals surface area contributed by atoms with Crippen LogP contribution in [0.5, 0.6) is 0 Å². The van der Waals surface area contributed by atoms with E-state index in [9.17, 15) is 0 Å². The largest absolute Gasteiger partial charge is 0.383 e. The van der Waals surface area contributed by atoms with E-state index in [4.69, 9.17) is 5.73 Å². The Morgan fingerprint density at radius 3 is 2.75 bits per heavy atom. The number of nitrogens with zero attached hydrogens (tertiary/aromatic N) is 2. The van der Waals surface area contributed by atoms with E-state index in [2.05, 4.69) is 18.9 Å².